The van der Waals surface area contributed by atoms with Gasteiger partial charge in [0.25, 0.3) is 0 Å². The molecule has 0 spiro atoms. The van der Waals surface area contributed by atoms with Crippen molar-refractivity contribution >= 4 is 0 Å². The first kappa shape index (κ1) is 13.3. The van der Waals surface area contributed by atoms with E-state index in [1.165, 1.54) is 0 Å². The topological polar surface area (TPSA) is 59.2 Å². The Morgan fingerprint density at radius 2 is 2.17 bits per heavy atom. The van der Waals surface area contributed by atoms with Crippen molar-refractivity contribution in [1.29, 1.82) is 0 Å². The van der Waals surface area contributed by atoms with Gasteiger partial charge in [0.1, 0.15) is 0 Å². The molecule has 0 aromatic carbocycles. The minimum Gasteiger partial charge on any atom is -0.383 e. The Labute approximate surface area is 102 Å². The van der Waals surface area contributed by atoms with E-state index in [4.69, 9.17) is 9.63 Å². The van der Waals surface area contributed by atoms with Crippen molar-refractivity contribution in [2.45, 2.75) is 50.8 Å². The third-order valence-corrected chi connectivity index (χ3v) is 3.29. The molecule has 0 aliphatic heterocycles. The Hall–Kier alpha value is -1.11. The van der Waals surface area contributed by atoms with Crippen LogP contribution in [0.3, 0.4) is 0 Å². The monoisotopic (exact) mass is 264 g/mol. The highest BCUT2D eigenvalue weighted by atomic mass is 19.4. The highest BCUT2D eigenvalue weighted by Gasteiger charge is 2.39. The molecule has 0 saturated heterocycles. The van der Waals surface area contributed by atoms with Crippen molar-refractivity contribution in [3.63, 3.8) is 0 Å². The summed E-state index contributed by atoms with van der Waals surface area (Å²) in [6, 6.07) is 0. The quantitative estimate of drug-likeness (QED) is 0.911. The largest absolute Gasteiger partial charge is 0.414 e. The Balaban J connectivity index is 1.98. The molecular formula is C11H15F3N2O2. The molecule has 18 heavy (non-hydrogen) atoms. The third-order valence-electron chi connectivity index (χ3n) is 3.29. The molecule has 0 radical (unpaired) electrons. The van der Waals surface area contributed by atoms with Crippen LogP contribution in [0.1, 0.15) is 43.8 Å². The highest BCUT2D eigenvalue weighted by Crippen LogP contribution is 2.36. The van der Waals surface area contributed by atoms with Gasteiger partial charge in [-0.1, -0.05) is 12.1 Å². The second-order valence-electron chi connectivity index (χ2n) is 4.92. The standard InChI is InChI=1S/C11H15F3N2O2/c1-6-2-3-7(4-6)10-15-9(18-16-10)5-8(17)11(12,13)14/h6-8,17H,2-5H2,1H3. The molecule has 1 aromatic rings. The molecule has 1 aliphatic carbocycles. The summed E-state index contributed by atoms with van der Waals surface area (Å²) in [6.45, 7) is 2.12. The summed E-state index contributed by atoms with van der Waals surface area (Å²) in [5.41, 5.74) is 0. The predicted octanol–water partition coefficient (Wildman–Crippen LogP) is 2.44. The van der Waals surface area contributed by atoms with Crippen LogP contribution in [-0.4, -0.2) is 27.5 Å². The van der Waals surface area contributed by atoms with Gasteiger partial charge >= 0.3 is 6.18 Å². The summed E-state index contributed by atoms with van der Waals surface area (Å²) >= 11 is 0. The van der Waals surface area contributed by atoms with E-state index in [0.29, 0.717) is 11.7 Å². The summed E-state index contributed by atoms with van der Waals surface area (Å²) in [5, 5.41) is 12.6. The molecule has 0 amide bonds. The Morgan fingerprint density at radius 3 is 2.72 bits per heavy atom. The van der Waals surface area contributed by atoms with Crippen molar-refractivity contribution in [2.75, 3.05) is 0 Å². The lowest BCUT2D eigenvalue weighted by Crippen LogP contribution is -2.30. The van der Waals surface area contributed by atoms with E-state index in [2.05, 4.69) is 17.1 Å². The van der Waals surface area contributed by atoms with Gasteiger partial charge in [-0.05, 0) is 25.2 Å². The molecule has 3 unspecified atom stereocenters. The van der Waals surface area contributed by atoms with Crippen LogP contribution in [-0.2, 0) is 6.42 Å². The third kappa shape index (κ3) is 3.01. The Morgan fingerprint density at radius 1 is 1.44 bits per heavy atom. The summed E-state index contributed by atoms with van der Waals surface area (Å²) in [7, 11) is 0. The van der Waals surface area contributed by atoms with Gasteiger partial charge in [0.05, 0.1) is 6.42 Å². The second-order valence-corrected chi connectivity index (χ2v) is 4.92. The van der Waals surface area contributed by atoms with Gasteiger partial charge in [0, 0.05) is 5.92 Å². The van der Waals surface area contributed by atoms with E-state index >= 15 is 0 Å². The SMILES string of the molecule is CC1CCC(c2noc(CC(O)C(F)(F)F)n2)C1. The van der Waals surface area contributed by atoms with Crippen LogP contribution in [0.4, 0.5) is 13.2 Å². The minimum absolute atomic E-state index is 0.158. The van der Waals surface area contributed by atoms with Crippen LogP contribution >= 0.6 is 0 Å². The molecule has 1 heterocycles. The van der Waals surface area contributed by atoms with E-state index in [9.17, 15) is 13.2 Å². The Kier molecular flexibility index (Phi) is 3.61. The number of alkyl halides is 3. The van der Waals surface area contributed by atoms with Gasteiger partial charge in [0.2, 0.25) is 5.89 Å². The lowest BCUT2D eigenvalue weighted by Gasteiger charge is -2.11. The lowest BCUT2D eigenvalue weighted by molar-refractivity contribution is -0.204. The number of hydrogen-bond acceptors (Lipinski definition) is 4. The van der Waals surface area contributed by atoms with Gasteiger partial charge < -0.3 is 9.63 Å². The van der Waals surface area contributed by atoms with Crippen LogP contribution in [0.15, 0.2) is 4.52 Å². The maximum atomic E-state index is 12.2. The lowest BCUT2D eigenvalue weighted by atomic mass is 10.1. The smallest absolute Gasteiger partial charge is 0.383 e. The van der Waals surface area contributed by atoms with E-state index in [1.54, 1.807) is 0 Å². The molecule has 102 valence electrons. The summed E-state index contributed by atoms with van der Waals surface area (Å²) < 4.78 is 41.2. The molecule has 1 N–H and O–H groups in total. The first-order valence-corrected chi connectivity index (χ1v) is 5.93. The fourth-order valence-electron chi connectivity index (χ4n) is 2.24. The number of rotatable bonds is 3. The Bertz CT molecular complexity index is 405. The fourth-order valence-corrected chi connectivity index (χ4v) is 2.24. The molecular weight excluding hydrogens is 249 g/mol. The predicted molar refractivity (Wildman–Crippen MR) is 55.8 cm³/mol. The molecule has 3 atom stereocenters. The number of aliphatic hydroxyl groups is 1. The minimum atomic E-state index is -4.66. The van der Waals surface area contributed by atoms with Crippen LogP contribution in [0.2, 0.25) is 0 Å². The molecule has 1 aliphatic rings. The normalized spacial score (nSPS) is 26.5. The van der Waals surface area contributed by atoms with Crippen molar-refractivity contribution in [3.05, 3.63) is 11.7 Å². The first-order chi connectivity index (χ1) is 8.36. The number of aliphatic hydroxyl groups excluding tert-OH is 1. The van der Waals surface area contributed by atoms with Crippen molar-refractivity contribution in [3.8, 4) is 0 Å². The molecule has 1 saturated carbocycles. The van der Waals surface area contributed by atoms with Gasteiger partial charge in [-0.3, -0.25) is 0 Å². The maximum absolute atomic E-state index is 12.2. The molecule has 2 rings (SSSR count). The number of hydrogen-bond donors (Lipinski definition) is 1. The van der Waals surface area contributed by atoms with Gasteiger partial charge in [0.15, 0.2) is 11.9 Å². The summed E-state index contributed by atoms with van der Waals surface area (Å²) in [5.74, 6) is 1.05. The van der Waals surface area contributed by atoms with Crippen LogP contribution in [0.5, 0.6) is 0 Å². The van der Waals surface area contributed by atoms with Crippen molar-refractivity contribution in [1.82, 2.24) is 10.1 Å². The molecule has 1 fully saturated rings. The molecule has 4 nitrogen and oxygen atoms in total. The number of nitrogens with zero attached hydrogens (tertiary/aromatic N) is 2. The van der Waals surface area contributed by atoms with Crippen molar-refractivity contribution < 1.29 is 22.8 Å². The van der Waals surface area contributed by atoms with Gasteiger partial charge in [-0.2, -0.15) is 18.2 Å². The maximum Gasteiger partial charge on any atom is 0.414 e. The molecule has 1 aromatic heterocycles. The van der Waals surface area contributed by atoms with E-state index < -0.39 is 18.7 Å². The van der Waals surface area contributed by atoms with Crippen LogP contribution in [0, 0.1) is 5.92 Å². The van der Waals surface area contributed by atoms with Crippen molar-refractivity contribution in [2.24, 2.45) is 5.92 Å². The zero-order valence-electron chi connectivity index (χ0n) is 9.94. The molecule has 0 bridgehead atoms. The van der Waals surface area contributed by atoms with E-state index in [0.717, 1.165) is 19.3 Å². The van der Waals surface area contributed by atoms with E-state index in [-0.39, 0.29) is 11.8 Å². The number of halogens is 3. The zero-order chi connectivity index (χ0) is 13.3. The highest BCUT2D eigenvalue weighted by molar-refractivity contribution is 4.99. The average Bonchev–Trinajstić information content (AvgIpc) is 2.85. The van der Waals surface area contributed by atoms with Crippen LogP contribution in [0.25, 0.3) is 0 Å². The number of aromatic nitrogens is 2. The van der Waals surface area contributed by atoms with Crippen LogP contribution < -0.4 is 0 Å². The van der Waals surface area contributed by atoms with Gasteiger partial charge in [-0.15, -0.1) is 0 Å². The average molecular weight is 264 g/mol. The molecule has 7 heteroatoms. The first-order valence-electron chi connectivity index (χ1n) is 5.93. The van der Waals surface area contributed by atoms with Gasteiger partial charge in [-0.25, -0.2) is 0 Å². The van der Waals surface area contributed by atoms with E-state index in [1.807, 2.05) is 0 Å². The zero-order valence-corrected chi connectivity index (χ0v) is 9.94. The second kappa shape index (κ2) is 4.87. The summed E-state index contributed by atoms with van der Waals surface area (Å²) in [4.78, 5) is 3.94. The summed E-state index contributed by atoms with van der Waals surface area (Å²) in [6.07, 6.45) is -4.86. The fraction of sp³-hybridized carbons (Fsp3) is 0.818.